The molecule has 0 aliphatic heterocycles. The van der Waals surface area contributed by atoms with Gasteiger partial charge in [0, 0.05) is 5.39 Å². The van der Waals surface area contributed by atoms with E-state index in [4.69, 9.17) is 0 Å². The van der Waals surface area contributed by atoms with Crippen molar-refractivity contribution in [2.75, 3.05) is 6.61 Å². The van der Waals surface area contributed by atoms with E-state index in [0.29, 0.717) is 0 Å². The quantitative estimate of drug-likeness (QED) is 0.179. The largest absolute Gasteiger partial charge is 0.478 e. The van der Waals surface area contributed by atoms with Gasteiger partial charge < -0.3 is 4.74 Å². The van der Waals surface area contributed by atoms with Gasteiger partial charge in [-0.2, -0.15) is 13.2 Å². The van der Waals surface area contributed by atoms with Crippen LogP contribution < -0.4 is 4.74 Å². The number of rotatable bonds is 8. The normalized spacial score (nSPS) is 11.7. The fourth-order valence-electron chi connectivity index (χ4n) is 4.08. The Hall–Kier alpha value is -3.41. The number of halogens is 5. The van der Waals surface area contributed by atoms with Gasteiger partial charge in [-0.15, -0.1) is 0 Å². The van der Waals surface area contributed by atoms with Gasteiger partial charge in [-0.25, -0.2) is 8.78 Å². The average molecular weight is 485 g/mol. The van der Waals surface area contributed by atoms with Gasteiger partial charge in [-0.1, -0.05) is 80.4 Å². The minimum Gasteiger partial charge on any atom is -0.478 e. The maximum absolute atomic E-state index is 14.7. The van der Waals surface area contributed by atoms with Gasteiger partial charge in [0.1, 0.15) is 0 Å². The van der Waals surface area contributed by atoms with Crippen molar-refractivity contribution in [2.45, 2.75) is 38.8 Å². The smallest absolute Gasteiger partial charge is 0.422 e. The third-order valence-corrected chi connectivity index (χ3v) is 5.94. The number of hydrogen-bond donors (Lipinski definition) is 0. The second kappa shape index (κ2) is 10.5. The summed E-state index contributed by atoms with van der Waals surface area (Å²) in [6, 6.07) is 22.0. The monoisotopic (exact) mass is 484 g/mol. The number of aryl methyl sites for hydroxylation is 1. The highest BCUT2D eigenvalue weighted by atomic mass is 19.4. The molecule has 0 aromatic heterocycles. The van der Waals surface area contributed by atoms with Crippen molar-refractivity contribution in [3.8, 4) is 28.0 Å². The molecule has 0 amide bonds. The molecule has 0 bridgehead atoms. The molecule has 0 unspecified atom stereocenters. The molecule has 182 valence electrons. The molecule has 0 aliphatic carbocycles. The lowest BCUT2D eigenvalue weighted by Gasteiger charge is -2.13. The molecule has 0 radical (unpaired) electrons. The van der Waals surface area contributed by atoms with E-state index in [1.807, 2.05) is 24.3 Å². The highest BCUT2D eigenvalue weighted by Crippen LogP contribution is 2.34. The molecule has 0 saturated heterocycles. The maximum atomic E-state index is 14.7. The molecule has 6 heteroatoms. The molecule has 0 N–H and O–H groups in total. The van der Waals surface area contributed by atoms with Gasteiger partial charge in [-0.3, -0.25) is 0 Å². The molecular formula is C29H25F5O. The van der Waals surface area contributed by atoms with Crippen molar-refractivity contribution in [1.82, 2.24) is 0 Å². The van der Waals surface area contributed by atoms with Crippen molar-refractivity contribution >= 4 is 10.8 Å². The first-order valence-electron chi connectivity index (χ1n) is 11.6. The van der Waals surface area contributed by atoms with Crippen LogP contribution in [0.1, 0.15) is 31.7 Å². The van der Waals surface area contributed by atoms with Gasteiger partial charge in [0.2, 0.25) is 0 Å². The molecule has 4 rings (SSSR count). The summed E-state index contributed by atoms with van der Waals surface area (Å²) in [6.45, 7) is 0.424. The summed E-state index contributed by atoms with van der Waals surface area (Å²) in [7, 11) is 0. The van der Waals surface area contributed by atoms with Crippen LogP contribution in [0.25, 0.3) is 33.0 Å². The third kappa shape index (κ3) is 5.99. The van der Waals surface area contributed by atoms with Crippen molar-refractivity contribution in [2.24, 2.45) is 0 Å². The van der Waals surface area contributed by atoms with Crippen LogP contribution in [0.2, 0.25) is 0 Å². The lowest BCUT2D eigenvalue weighted by molar-refractivity contribution is -0.154. The Morgan fingerprint density at radius 1 is 0.714 bits per heavy atom. The average Bonchev–Trinajstić information content (AvgIpc) is 2.83. The highest BCUT2D eigenvalue weighted by molar-refractivity contribution is 5.89. The predicted molar refractivity (Wildman–Crippen MR) is 130 cm³/mol. The highest BCUT2D eigenvalue weighted by Gasteiger charge is 2.30. The minimum atomic E-state index is -4.69. The number of ether oxygens (including phenoxy) is 1. The van der Waals surface area contributed by atoms with E-state index in [2.05, 4.69) is 35.9 Å². The zero-order valence-corrected chi connectivity index (χ0v) is 19.3. The first-order valence-corrected chi connectivity index (χ1v) is 11.6. The molecular weight excluding hydrogens is 459 g/mol. The minimum absolute atomic E-state index is 0.0111. The number of alkyl halides is 3. The lowest BCUT2D eigenvalue weighted by atomic mass is 9.97. The van der Waals surface area contributed by atoms with Gasteiger partial charge in [0.25, 0.3) is 0 Å². The maximum Gasteiger partial charge on any atom is 0.422 e. The van der Waals surface area contributed by atoms with Crippen molar-refractivity contribution in [1.29, 1.82) is 0 Å². The van der Waals surface area contributed by atoms with Gasteiger partial charge in [0.15, 0.2) is 24.0 Å². The van der Waals surface area contributed by atoms with Crippen molar-refractivity contribution in [3.63, 3.8) is 0 Å². The molecule has 0 atom stereocenters. The summed E-state index contributed by atoms with van der Waals surface area (Å²) >= 11 is 0. The zero-order chi connectivity index (χ0) is 25.0. The van der Waals surface area contributed by atoms with Crippen LogP contribution in [0.4, 0.5) is 22.0 Å². The van der Waals surface area contributed by atoms with Crippen molar-refractivity contribution < 1.29 is 26.7 Å². The third-order valence-electron chi connectivity index (χ3n) is 5.94. The Kier molecular flexibility index (Phi) is 7.39. The van der Waals surface area contributed by atoms with Crippen LogP contribution in [0.5, 0.6) is 5.75 Å². The Bertz CT molecular complexity index is 1290. The number of unbranched alkanes of at least 4 members (excludes halogenated alkanes) is 2. The van der Waals surface area contributed by atoms with Crippen LogP contribution >= 0.6 is 0 Å². The molecule has 0 aliphatic rings. The van der Waals surface area contributed by atoms with Crippen molar-refractivity contribution in [3.05, 3.63) is 90.0 Å². The summed E-state index contributed by atoms with van der Waals surface area (Å²) in [6.07, 6.45) is -0.00805. The fourth-order valence-corrected chi connectivity index (χ4v) is 4.08. The molecule has 0 saturated carbocycles. The van der Waals surface area contributed by atoms with Gasteiger partial charge >= 0.3 is 6.18 Å². The summed E-state index contributed by atoms with van der Waals surface area (Å²) in [5.41, 5.74) is 5.06. The van der Waals surface area contributed by atoms with Crippen LogP contribution in [-0.4, -0.2) is 12.8 Å². The molecule has 35 heavy (non-hydrogen) atoms. The van der Waals surface area contributed by atoms with E-state index < -0.39 is 30.2 Å². The number of benzene rings is 4. The number of hydrogen-bond acceptors (Lipinski definition) is 1. The second-order valence-corrected chi connectivity index (χ2v) is 8.57. The molecule has 4 aromatic carbocycles. The Labute approximate surface area is 201 Å². The molecule has 0 heterocycles. The molecule has 1 nitrogen and oxygen atoms in total. The first kappa shape index (κ1) is 24.7. The van der Waals surface area contributed by atoms with E-state index in [-0.39, 0.29) is 10.8 Å². The van der Waals surface area contributed by atoms with E-state index in [0.717, 1.165) is 34.7 Å². The Morgan fingerprint density at radius 3 is 1.89 bits per heavy atom. The SMILES string of the molecule is CCCCCc1ccc(-c2ccc(-c3ccc4c(F)c(OCC(F)(F)F)c(F)cc4c3)cc2)cc1. The lowest BCUT2D eigenvalue weighted by Crippen LogP contribution is -2.20. The van der Waals surface area contributed by atoms with E-state index in [1.54, 1.807) is 12.1 Å². The molecule has 4 aromatic rings. The van der Waals surface area contributed by atoms with E-state index >= 15 is 0 Å². The van der Waals surface area contributed by atoms with Gasteiger partial charge in [0.05, 0.1) is 0 Å². The fraction of sp³-hybridized carbons (Fsp3) is 0.241. The molecule has 0 spiro atoms. The topological polar surface area (TPSA) is 9.23 Å². The van der Waals surface area contributed by atoms with Crippen LogP contribution in [0, 0.1) is 11.6 Å². The van der Waals surface area contributed by atoms with Crippen LogP contribution in [-0.2, 0) is 6.42 Å². The second-order valence-electron chi connectivity index (χ2n) is 8.57. The van der Waals surface area contributed by atoms with Crippen LogP contribution in [0.3, 0.4) is 0 Å². The van der Waals surface area contributed by atoms with E-state index in [1.165, 1.54) is 30.9 Å². The van der Waals surface area contributed by atoms with Crippen LogP contribution in [0.15, 0.2) is 72.8 Å². The standard InChI is InChI=1S/C29H25F5O/c1-2-3-4-5-19-6-8-20(9-7-19)21-10-12-22(13-11-21)23-14-15-25-24(16-23)17-26(30)28(27(25)31)35-18-29(32,33)34/h6-17H,2-5,18H2,1H3. The predicted octanol–water partition coefficient (Wildman–Crippen LogP) is 9.13. The summed E-state index contributed by atoms with van der Waals surface area (Å²) in [5, 5.41) is 0.225. The Morgan fingerprint density at radius 2 is 1.29 bits per heavy atom. The summed E-state index contributed by atoms with van der Waals surface area (Å²) < 4.78 is 70.5. The summed E-state index contributed by atoms with van der Waals surface area (Å²) in [5.74, 6) is -3.35. The van der Waals surface area contributed by atoms with Gasteiger partial charge in [-0.05, 0) is 58.2 Å². The summed E-state index contributed by atoms with van der Waals surface area (Å²) in [4.78, 5) is 0. The first-order chi connectivity index (χ1) is 16.7. The van der Waals surface area contributed by atoms with E-state index in [9.17, 15) is 22.0 Å². The zero-order valence-electron chi connectivity index (χ0n) is 19.3. The molecule has 0 fully saturated rings. The Balaban J connectivity index is 1.54. The number of fused-ring (bicyclic) bond motifs is 1.